The second kappa shape index (κ2) is 20.3. The number of anilines is 3. The number of aryl methyl sites for hydroxylation is 1. The van der Waals surface area contributed by atoms with E-state index in [0.29, 0.717) is 16.9 Å². The lowest BCUT2D eigenvalue weighted by molar-refractivity contribution is -0.118. The SMILES string of the molecule is C=CC(=O)COC(=O)c1ccc(Oc2ccc(C(=O)OCC(=O)C=C)c(C(=O)Nc3ccc(C(=O)Nc4ccc(NC(=O)c5ccc(C)cc5)cc4)cc3)c2)cc1C(=O)NC. The summed E-state index contributed by atoms with van der Waals surface area (Å²) in [6, 6.07) is 27.2. The molecule has 0 aliphatic carbocycles. The molecule has 0 aliphatic rings. The lowest BCUT2D eigenvalue weighted by Gasteiger charge is -2.14. The maximum absolute atomic E-state index is 13.7. The van der Waals surface area contributed by atoms with Gasteiger partial charge in [-0.1, -0.05) is 30.9 Å². The van der Waals surface area contributed by atoms with Crippen molar-refractivity contribution in [3.63, 3.8) is 0 Å². The minimum absolute atomic E-state index is 0.0207. The van der Waals surface area contributed by atoms with Crippen molar-refractivity contribution in [1.82, 2.24) is 5.32 Å². The van der Waals surface area contributed by atoms with E-state index in [4.69, 9.17) is 14.2 Å². The number of benzene rings is 5. The summed E-state index contributed by atoms with van der Waals surface area (Å²) in [7, 11) is 1.35. The van der Waals surface area contributed by atoms with E-state index in [-0.39, 0.29) is 50.9 Å². The molecule has 308 valence electrons. The van der Waals surface area contributed by atoms with Crippen molar-refractivity contribution < 1.29 is 52.6 Å². The number of hydrogen-bond donors (Lipinski definition) is 4. The van der Waals surface area contributed by atoms with Gasteiger partial charge in [0.25, 0.3) is 23.6 Å². The van der Waals surface area contributed by atoms with Crippen LogP contribution in [0.25, 0.3) is 0 Å². The van der Waals surface area contributed by atoms with E-state index in [9.17, 15) is 38.4 Å². The zero-order valence-corrected chi connectivity index (χ0v) is 32.9. The van der Waals surface area contributed by atoms with E-state index >= 15 is 0 Å². The maximum Gasteiger partial charge on any atom is 0.339 e. The number of ether oxygens (including phenoxy) is 3. The summed E-state index contributed by atoms with van der Waals surface area (Å²) in [5.41, 5.74) is 2.28. The van der Waals surface area contributed by atoms with Gasteiger partial charge in [-0.2, -0.15) is 0 Å². The molecule has 0 saturated carbocycles. The van der Waals surface area contributed by atoms with Gasteiger partial charge >= 0.3 is 11.9 Å². The molecule has 0 atom stereocenters. The fraction of sp³-hybridized carbons (Fsp3) is 0.0870. The van der Waals surface area contributed by atoms with Crippen LogP contribution < -0.4 is 26.0 Å². The third-order valence-corrected chi connectivity index (χ3v) is 8.64. The predicted molar refractivity (Wildman–Crippen MR) is 225 cm³/mol. The van der Waals surface area contributed by atoms with E-state index in [1.165, 1.54) is 67.7 Å². The molecule has 0 fully saturated rings. The smallest absolute Gasteiger partial charge is 0.339 e. The summed E-state index contributed by atoms with van der Waals surface area (Å²) in [6.07, 6.45) is 1.97. The highest BCUT2D eigenvalue weighted by Gasteiger charge is 2.23. The largest absolute Gasteiger partial charge is 0.457 e. The fourth-order valence-corrected chi connectivity index (χ4v) is 5.37. The molecule has 0 unspecified atom stereocenters. The number of carbonyl (C=O) groups is 8. The Kier molecular flexibility index (Phi) is 14.5. The van der Waals surface area contributed by atoms with Crippen LogP contribution in [0.5, 0.6) is 11.5 Å². The number of carbonyl (C=O) groups excluding carboxylic acids is 8. The summed E-state index contributed by atoms with van der Waals surface area (Å²) in [4.78, 5) is 101. The molecule has 5 aromatic carbocycles. The van der Waals surface area contributed by atoms with E-state index in [2.05, 4.69) is 34.4 Å². The van der Waals surface area contributed by atoms with Gasteiger partial charge in [-0.3, -0.25) is 28.8 Å². The van der Waals surface area contributed by atoms with E-state index in [1.54, 1.807) is 36.4 Å². The van der Waals surface area contributed by atoms with Crippen LogP contribution in [0.4, 0.5) is 17.1 Å². The second-order valence-electron chi connectivity index (χ2n) is 13.0. The van der Waals surface area contributed by atoms with Gasteiger partial charge in [-0.05, 0) is 116 Å². The Balaban J connectivity index is 1.30. The molecule has 4 N–H and O–H groups in total. The maximum atomic E-state index is 13.7. The standard InChI is InChI=1S/C46H38N4O11/c1-5-33(51)25-59-45(57)37-21-19-35(23-39(37)43(55)47-4)61-36-20-22-38(46(58)60-26-34(52)6-2)40(24-36)44(56)50-30-13-11-29(12-14-30)42(54)49-32-17-15-31(16-18-32)48-41(53)28-9-7-27(3)8-10-28/h5-24H,1-2,25-26H2,3-4H3,(H,47,55)(H,48,53)(H,49,54)(H,50,56). The molecule has 61 heavy (non-hydrogen) atoms. The van der Waals surface area contributed by atoms with Gasteiger partial charge in [0.1, 0.15) is 11.5 Å². The Labute approximate surface area is 349 Å². The van der Waals surface area contributed by atoms with Gasteiger partial charge in [0.05, 0.1) is 22.3 Å². The van der Waals surface area contributed by atoms with Crippen molar-refractivity contribution >= 4 is 64.2 Å². The van der Waals surface area contributed by atoms with Gasteiger partial charge in [0.15, 0.2) is 24.8 Å². The highest BCUT2D eigenvalue weighted by molar-refractivity contribution is 6.12. The van der Waals surface area contributed by atoms with Crippen LogP contribution in [0.15, 0.2) is 135 Å². The summed E-state index contributed by atoms with van der Waals surface area (Å²) in [6.45, 7) is 7.39. The van der Waals surface area contributed by atoms with Crippen LogP contribution in [0, 0.1) is 6.92 Å². The average molecular weight is 823 g/mol. The predicted octanol–water partition coefficient (Wildman–Crippen LogP) is 6.73. The van der Waals surface area contributed by atoms with Crippen LogP contribution in [-0.4, -0.2) is 67.4 Å². The molecular weight excluding hydrogens is 785 g/mol. The van der Waals surface area contributed by atoms with Crippen molar-refractivity contribution in [2.24, 2.45) is 0 Å². The second-order valence-corrected chi connectivity index (χ2v) is 13.0. The molecule has 15 nitrogen and oxygen atoms in total. The molecular formula is C46H38N4O11. The first-order chi connectivity index (χ1) is 29.3. The van der Waals surface area contributed by atoms with E-state index < -0.39 is 54.4 Å². The van der Waals surface area contributed by atoms with Crippen LogP contribution in [0.1, 0.15) is 67.7 Å². The lowest BCUT2D eigenvalue weighted by atomic mass is 10.1. The monoisotopic (exact) mass is 822 g/mol. The van der Waals surface area contributed by atoms with Gasteiger partial charge in [-0.15, -0.1) is 0 Å². The molecule has 4 amide bonds. The van der Waals surface area contributed by atoms with E-state index in [1.807, 2.05) is 19.1 Å². The fourth-order valence-electron chi connectivity index (χ4n) is 5.37. The molecule has 0 aliphatic heterocycles. The molecule has 5 rings (SSSR count). The Morgan fingerprint density at radius 2 is 0.869 bits per heavy atom. The number of amides is 4. The van der Waals surface area contributed by atoms with Crippen LogP contribution in [0.2, 0.25) is 0 Å². The van der Waals surface area contributed by atoms with Gasteiger partial charge in [0.2, 0.25) is 0 Å². The first-order valence-electron chi connectivity index (χ1n) is 18.3. The zero-order chi connectivity index (χ0) is 44.1. The Morgan fingerprint density at radius 3 is 1.28 bits per heavy atom. The van der Waals surface area contributed by atoms with Gasteiger partial charge < -0.3 is 35.5 Å². The Morgan fingerprint density at radius 1 is 0.492 bits per heavy atom. The molecule has 5 aromatic rings. The molecule has 0 radical (unpaired) electrons. The lowest BCUT2D eigenvalue weighted by Crippen LogP contribution is -2.22. The number of esters is 2. The third-order valence-electron chi connectivity index (χ3n) is 8.64. The van der Waals surface area contributed by atoms with E-state index in [0.717, 1.165) is 17.7 Å². The van der Waals surface area contributed by atoms with Gasteiger partial charge in [0, 0.05) is 35.2 Å². The van der Waals surface area contributed by atoms with Gasteiger partial charge in [-0.25, -0.2) is 9.59 Å². The molecule has 0 aromatic heterocycles. The average Bonchev–Trinajstić information content (AvgIpc) is 3.27. The first kappa shape index (κ1) is 43.7. The molecule has 0 heterocycles. The summed E-state index contributed by atoms with van der Waals surface area (Å²) in [5.74, 6) is -5.19. The van der Waals surface area contributed by atoms with Crippen molar-refractivity contribution in [2.75, 3.05) is 36.2 Å². The highest BCUT2D eigenvalue weighted by atomic mass is 16.5. The number of hydrogen-bond acceptors (Lipinski definition) is 11. The van der Waals surface area contributed by atoms with Crippen LogP contribution >= 0.6 is 0 Å². The molecule has 0 saturated heterocycles. The normalized spacial score (nSPS) is 10.3. The van der Waals surface area contributed by atoms with Crippen molar-refractivity contribution in [3.05, 3.63) is 173 Å². The highest BCUT2D eigenvalue weighted by Crippen LogP contribution is 2.28. The Bertz CT molecular complexity index is 2550. The minimum atomic E-state index is -1.000. The molecule has 0 spiro atoms. The molecule has 15 heteroatoms. The number of ketones is 2. The summed E-state index contributed by atoms with van der Waals surface area (Å²) in [5, 5.41) is 10.7. The van der Waals surface area contributed by atoms with Crippen LogP contribution in [-0.2, 0) is 19.1 Å². The van der Waals surface area contributed by atoms with Crippen LogP contribution in [0.3, 0.4) is 0 Å². The quantitative estimate of drug-likeness (QED) is 0.0570. The minimum Gasteiger partial charge on any atom is -0.457 e. The summed E-state index contributed by atoms with van der Waals surface area (Å²) >= 11 is 0. The molecule has 0 bridgehead atoms. The summed E-state index contributed by atoms with van der Waals surface area (Å²) < 4.78 is 16.0. The Hall–Kier alpha value is -8.46. The number of rotatable bonds is 17. The first-order valence-corrected chi connectivity index (χ1v) is 18.3. The number of nitrogens with one attached hydrogen (secondary N) is 4. The topological polar surface area (TPSA) is 212 Å². The third kappa shape index (κ3) is 11.8. The van der Waals surface area contributed by atoms with Crippen molar-refractivity contribution in [3.8, 4) is 11.5 Å². The van der Waals surface area contributed by atoms with Crippen molar-refractivity contribution in [1.29, 1.82) is 0 Å². The van der Waals surface area contributed by atoms with Crippen molar-refractivity contribution in [2.45, 2.75) is 6.92 Å². The zero-order valence-electron chi connectivity index (χ0n) is 32.9.